The molecular formula is C9H21NSi. The Morgan fingerprint density at radius 3 is 2.55 bits per heavy atom. The predicted octanol–water partition coefficient (Wildman–Crippen LogP) is 1.67. The van der Waals surface area contributed by atoms with Crippen molar-refractivity contribution in [3.05, 3.63) is 0 Å². The molecule has 2 heteroatoms. The van der Waals surface area contributed by atoms with Gasteiger partial charge in [0.05, 0.1) is 0 Å². The molecule has 0 amide bonds. The van der Waals surface area contributed by atoms with Crippen molar-refractivity contribution in [1.29, 1.82) is 0 Å². The molecule has 66 valence electrons. The van der Waals surface area contributed by atoms with E-state index in [2.05, 4.69) is 25.8 Å². The SMILES string of the molecule is CC(CC(C)C)=NCCC[SiH3]. The van der Waals surface area contributed by atoms with Crippen LogP contribution >= 0.6 is 0 Å². The van der Waals surface area contributed by atoms with Crippen LogP contribution in [0.3, 0.4) is 0 Å². The second kappa shape index (κ2) is 6.59. The molecule has 0 aromatic rings. The highest BCUT2D eigenvalue weighted by molar-refractivity contribution is 6.08. The molecule has 11 heavy (non-hydrogen) atoms. The maximum absolute atomic E-state index is 4.49. The molecule has 0 fully saturated rings. The second-order valence-electron chi connectivity index (χ2n) is 3.57. The van der Waals surface area contributed by atoms with Gasteiger partial charge in [0.15, 0.2) is 0 Å². The zero-order valence-electron chi connectivity index (χ0n) is 8.35. The zero-order chi connectivity index (χ0) is 8.69. The van der Waals surface area contributed by atoms with E-state index in [0.717, 1.165) is 12.5 Å². The molecule has 0 rings (SSSR count). The largest absolute Gasteiger partial charge is 0.294 e. The Kier molecular flexibility index (Phi) is 6.52. The van der Waals surface area contributed by atoms with E-state index in [-0.39, 0.29) is 0 Å². The lowest BCUT2D eigenvalue weighted by Gasteiger charge is -2.03. The molecular weight excluding hydrogens is 150 g/mol. The Balaban J connectivity index is 3.46. The van der Waals surface area contributed by atoms with Gasteiger partial charge in [-0.1, -0.05) is 19.9 Å². The predicted molar refractivity (Wildman–Crippen MR) is 56.8 cm³/mol. The summed E-state index contributed by atoms with van der Waals surface area (Å²) in [6.07, 6.45) is 2.46. The molecule has 0 aromatic heterocycles. The number of rotatable bonds is 5. The van der Waals surface area contributed by atoms with E-state index in [1.807, 2.05) is 0 Å². The molecule has 1 nitrogen and oxygen atoms in total. The van der Waals surface area contributed by atoms with Crippen LogP contribution in [0, 0.1) is 5.92 Å². The summed E-state index contributed by atoms with van der Waals surface area (Å²) < 4.78 is 0. The van der Waals surface area contributed by atoms with E-state index < -0.39 is 0 Å². The molecule has 0 aliphatic carbocycles. The van der Waals surface area contributed by atoms with Crippen molar-refractivity contribution in [3.63, 3.8) is 0 Å². The van der Waals surface area contributed by atoms with Crippen molar-refractivity contribution < 1.29 is 0 Å². The molecule has 0 unspecified atom stereocenters. The van der Waals surface area contributed by atoms with Crippen LogP contribution in [-0.2, 0) is 0 Å². The average Bonchev–Trinajstić information content (AvgIpc) is 1.86. The Hall–Kier alpha value is -0.113. The lowest BCUT2D eigenvalue weighted by atomic mass is 10.1. The summed E-state index contributed by atoms with van der Waals surface area (Å²) in [6.45, 7) is 7.69. The van der Waals surface area contributed by atoms with Crippen molar-refractivity contribution in [2.45, 2.75) is 39.7 Å². The molecule has 0 aliphatic heterocycles. The molecule has 0 saturated carbocycles. The number of hydrogen-bond donors (Lipinski definition) is 0. The Morgan fingerprint density at radius 1 is 1.45 bits per heavy atom. The van der Waals surface area contributed by atoms with Gasteiger partial charge in [-0.2, -0.15) is 0 Å². The quantitative estimate of drug-likeness (QED) is 0.339. The van der Waals surface area contributed by atoms with Gasteiger partial charge in [-0.3, -0.25) is 4.99 Å². The molecule has 0 atom stereocenters. The summed E-state index contributed by atoms with van der Waals surface area (Å²) in [4.78, 5) is 4.49. The van der Waals surface area contributed by atoms with E-state index in [1.165, 1.54) is 34.8 Å². The van der Waals surface area contributed by atoms with Gasteiger partial charge in [-0.25, -0.2) is 0 Å². The Bertz CT molecular complexity index is 119. The highest BCUT2D eigenvalue weighted by Crippen LogP contribution is 2.01. The van der Waals surface area contributed by atoms with E-state index >= 15 is 0 Å². The van der Waals surface area contributed by atoms with Crippen LogP contribution in [0.4, 0.5) is 0 Å². The van der Waals surface area contributed by atoms with Crippen LogP contribution in [0.15, 0.2) is 4.99 Å². The smallest absolute Gasteiger partial charge is 0.0385 e. The van der Waals surface area contributed by atoms with Gasteiger partial charge in [-0.15, -0.1) is 0 Å². The van der Waals surface area contributed by atoms with E-state index in [9.17, 15) is 0 Å². The van der Waals surface area contributed by atoms with Gasteiger partial charge in [0.25, 0.3) is 0 Å². The Morgan fingerprint density at radius 2 is 2.09 bits per heavy atom. The Labute approximate surface area is 73.7 Å². The van der Waals surface area contributed by atoms with Crippen LogP contribution in [-0.4, -0.2) is 22.5 Å². The third-order valence-electron chi connectivity index (χ3n) is 1.60. The van der Waals surface area contributed by atoms with E-state index in [0.29, 0.717) is 0 Å². The van der Waals surface area contributed by atoms with Gasteiger partial charge in [-0.05, 0) is 25.7 Å². The van der Waals surface area contributed by atoms with Gasteiger partial charge in [0.2, 0.25) is 0 Å². The molecule has 0 aromatic carbocycles. The highest BCUT2D eigenvalue weighted by atomic mass is 28.1. The molecule has 0 heterocycles. The third-order valence-corrected chi connectivity index (χ3v) is 2.30. The van der Waals surface area contributed by atoms with Gasteiger partial charge in [0, 0.05) is 22.5 Å². The maximum atomic E-state index is 4.49. The molecule has 0 bridgehead atoms. The minimum Gasteiger partial charge on any atom is -0.294 e. The molecule has 0 spiro atoms. The van der Waals surface area contributed by atoms with Crippen LogP contribution in [0.1, 0.15) is 33.6 Å². The minimum absolute atomic E-state index is 0.759. The first-order chi connectivity index (χ1) is 5.16. The summed E-state index contributed by atoms with van der Waals surface area (Å²) in [6, 6.07) is 1.39. The highest BCUT2D eigenvalue weighted by Gasteiger charge is 1.95. The summed E-state index contributed by atoms with van der Waals surface area (Å²) in [5.74, 6) is 0.759. The van der Waals surface area contributed by atoms with Crippen molar-refractivity contribution in [2.75, 3.05) is 6.54 Å². The first-order valence-corrected chi connectivity index (χ1v) is 6.08. The average molecular weight is 171 g/mol. The van der Waals surface area contributed by atoms with Gasteiger partial charge in [0.1, 0.15) is 0 Å². The fraction of sp³-hybridized carbons (Fsp3) is 0.889. The van der Waals surface area contributed by atoms with Crippen LogP contribution < -0.4 is 0 Å². The summed E-state index contributed by atoms with van der Waals surface area (Å²) >= 11 is 0. The molecule has 0 radical (unpaired) electrons. The zero-order valence-corrected chi connectivity index (χ0v) is 10.4. The monoisotopic (exact) mass is 171 g/mol. The fourth-order valence-electron chi connectivity index (χ4n) is 1.08. The van der Waals surface area contributed by atoms with Crippen LogP contribution in [0.5, 0.6) is 0 Å². The molecule has 0 aliphatic rings. The summed E-state index contributed by atoms with van der Waals surface area (Å²) in [5.41, 5.74) is 1.33. The number of aliphatic imine (C=N–C) groups is 1. The minimum atomic E-state index is 0.759. The topological polar surface area (TPSA) is 12.4 Å². The third kappa shape index (κ3) is 7.79. The fourth-order valence-corrected chi connectivity index (χ4v) is 1.40. The summed E-state index contributed by atoms with van der Waals surface area (Å²) in [7, 11) is 1.33. The second-order valence-corrected chi connectivity index (χ2v) is 4.57. The first-order valence-electron chi connectivity index (χ1n) is 4.66. The lowest BCUT2D eigenvalue weighted by Crippen LogP contribution is -1.99. The standard InChI is InChI=1S/C9H21NSi/c1-8(2)7-9(3)10-5-4-6-11/h8H,4-7H2,1-3,11H3. The maximum Gasteiger partial charge on any atom is 0.0385 e. The van der Waals surface area contributed by atoms with Crippen molar-refractivity contribution in [3.8, 4) is 0 Å². The van der Waals surface area contributed by atoms with Crippen LogP contribution in [0.2, 0.25) is 6.04 Å². The number of nitrogens with zero attached hydrogens (tertiary/aromatic N) is 1. The first kappa shape index (κ1) is 10.9. The number of hydrogen-bond acceptors (Lipinski definition) is 1. The van der Waals surface area contributed by atoms with Crippen molar-refractivity contribution in [1.82, 2.24) is 0 Å². The van der Waals surface area contributed by atoms with E-state index in [4.69, 9.17) is 0 Å². The van der Waals surface area contributed by atoms with Crippen molar-refractivity contribution in [2.24, 2.45) is 10.9 Å². The normalized spacial score (nSPS) is 12.9. The van der Waals surface area contributed by atoms with Gasteiger partial charge < -0.3 is 0 Å². The lowest BCUT2D eigenvalue weighted by molar-refractivity contribution is 0.679. The summed E-state index contributed by atoms with van der Waals surface area (Å²) in [5, 5.41) is 0. The van der Waals surface area contributed by atoms with Crippen molar-refractivity contribution >= 4 is 16.0 Å². The van der Waals surface area contributed by atoms with E-state index in [1.54, 1.807) is 0 Å². The molecule has 0 saturated heterocycles. The van der Waals surface area contributed by atoms with Crippen LogP contribution in [0.25, 0.3) is 0 Å². The molecule has 0 N–H and O–H groups in total. The van der Waals surface area contributed by atoms with Gasteiger partial charge >= 0.3 is 0 Å².